The normalized spacial score (nSPS) is 10.2. The molecule has 0 heterocycles. The lowest BCUT2D eigenvalue weighted by molar-refractivity contribution is -0.162. The van der Waals surface area contributed by atoms with Crippen LogP contribution in [0.3, 0.4) is 0 Å². The van der Waals surface area contributed by atoms with Crippen molar-refractivity contribution in [3.05, 3.63) is 0 Å². The van der Waals surface area contributed by atoms with Gasteiger partial charge in [0.1, 0.15) is 11.9 Å². The van der Waals surface area contributed by atoms with Crippen molar-refractivity contribution in [3.8, 4) is 0 Å². The summed E-state index contributed by atoms with van der Waals surface area (Å²) >= 11 is 4.74. The Hall–Kier alpha value is -0.770. The summed E-state index contributed by atoms with van der Waals surface area (Å²) < 4.78 is 8.39. The second-order valence-electron chi connectivity index (χ2n) is 4.68. The van der Waals surface area contributed by atoms with Crippen molar-refractivity contribution in [3.63, 3.8) is 0 Å². The summed E-state index contributed by atoms with van der Waals surface area (Å²) in [7, 11) is 0. The number of unbranched alkanes of at least 4 members (excludes halogenated alkanes) is 9. The molecule has 0 atom stereocenters. The van der Waals surface area contributed by atoms with E-state index in [1.807, 2.05) is 0 Å². The maximum Gasteiger partial charge on any atom is 0.435 e. The van der Waals surface area contributed by atoms with Crippen LogP contribution < -0.4 is 0 Å². The zero-order chi connectivity index (χ0) is 14.3. The summed E-state index contributed by atoms with van der Waals surface area (Å²) in [4.78, 5) is 21.4. The number of hydrogen-bond acceptors (Lipinski definition) is 4. The van der Waals surface area contributed by atoms with Gasteiger partial charge in [-0.15, -0.1) is 0 Å². The van der Waals surface area contributed by atoms with E-state index in [1.165, 1.54) is 44.9 Å². The summed E-state index contributed by atoms with van der Waals surface area (Å²) in [5.74, 6) is -2.18. The van der Waals surface area contributed by atoms with Gasteiger partial charge in [0.2, 0.25) is 0 Å². The van der Waals surface area contributed by atoms with E-state index in [9.17, 15) is 9.59 Å². The quantitative estimate of drug-likeness (QED) is 0.326. The number of ether oxygens (including phenoxy) is 1. The Morgan fingerprint density at radius 3 is 1.74 bits per heavy atom. The third-order valence-corrected chi connectivity index (χ3v) is 3.11. The topological polar surface area (TPSA) is 52.6 Å². The highest BCUT2D eigenvalue weighted by Gasteiger charge is 2.16. The van der Waals surface area contributed by atoms with Gasteiger partial charge in [-0.1, -0.05) is 64.7 Å². The third-order valence-electron chi connectivity index (χ3n) is 2.97. The van der Waals surface area contributed by atoms with Gasteiger partial charge in [0, 0.05) is 0 Å². The lowest BCUT2D eigenvalue weighted by Crippen LogP contribution is -2.17. The van der Waals surface area contributed by atoms with E-state index >= 15 is 0 Å². The molecule has 0 radical (unpaired) electrons. The summed E-state index contributed by atoms with van der Waals surface area (Å²) in [5.41, 5.74) is 0. The lowest BCUT2D eigenvalue weighted by Gasteiger charge is -2.03. The fraction of sp³-hybridized carbons (Fsp3) is 0.857. The molecule has 112 valence electrons. The SMILES string of the molecule is CCCCCCCCCCCCOC(=O)C(=O)OCl. The Morgan fingerprint density at radius 1 is 0.789 bits per heavy atom. The highest BCUT2D eigenvalue weighted by Crippen LogP contribution is 2.10. The van der Waals surface area contributed by atoms with Crippen molar-refractivity contribution in [2.45, 2.75) is 71.1 Å². The molecule has 0 rings (SSSR count). The van der Waals surface area contributed by atoms with Crippen molar-refractivity contribution >= 4 is 23.8 Å². The van der Waals surface area contributed by atoms with Crippen LogP contribution in [0.2, 0.25) is 0 Å². The molecule has 0 aliphatic carbocycles. The molecular weight excluding hydrogens is 268 g/mol. The number of rotatable bonds is 11. The van der Waals surface area contributed by atoms with Gasteiger partial charge in [0.05, 0.1) is 6.61 Å². The monoisotopic (exact) mass is 292 g/mol. The molecule has 19 heavy (non-hydrogen) atoms. The van der Waals surface area contributed by atoms with E-state index < -0.39 is 11.9 Å². The predicted molar refractivity (Wildman–Crippen MR) is 74.7 cm³/mol. The zero-order valence-electron chi connectivity index (χ0n) is 11.8. The predicted octanol–water partition coefficient (Wildman–Crippen LogP) is 4.15. The number of carbonyl (C=O) groups excluding carboxylic acids is 2. The molecule has 0 saturated heterocycles. The van der Waals surface area contributed by atoms with Gasteiger partial charge in [-0.2, -0.15) is 0 Å². The molecule has 0 unspecified atom stereocenters. The van der Waals surface area contributed by atoms with E-state index in [2.05, 4.69) is 15.9 Å². The lowest BCUT2D eigenvalue weighted by atomic mass is 10.1. The Balaban J connectivity index is 3.15. The van der Waals surface area contributed by atoms with Crippen LogP contribution in [0.5, 0.6) is 0 Å². The number of hydrogen-bond donors (Lipinski definition) is 0. The Kier molecular flexibility index (Phi) is 13.1. The molecule has 0 amide bonds. The van der Waals surface area contributed by atoms with Gasteiger partial charge in [-0.05, 0) is 6.42 Å². The molecule has 4 nitrogen and oxygen atoms in total. The average molecular weight is 293 g/mol. The molecule has 0 aromatic rings. The van der Waals surface area contributed by atoms with Crippen molar-refractivity contribution in [1.29, 1.82) is 0 Å². The molecule has 0 bridgehead atoms. The molecule has 0 fully saturated rings. The average Bonchev–Trinajstić information content (AvgIpc) is 2.43. The molecular formula is C14H25ClO4. The minimum atomic E-state index is -1.16. The summed E-state index contributed by atoms with van der Waals surface area (Å²) in [6.45, 7) is 2.47. The molecule has 5 heteroatoms. The van der Waals surface area contributed by atoms with Crippen LogP contribution in [0.1, 0.15) is 71.1 Å². The van der Waals surface area contributed by atoms with Crippen molar-refractivity contribution in [2.24, 2.45) is 0 Å². The third kappa shape index (κ3) is 12.0. The van der Waals surface area contributed by atoms with E-state index in [1.54, 1.807) is 0 Å². The second kappa shape index (κ2) is 13.7. The van der Waals surface area contributed by atoms with Gasteiger partial charge in [0.15, 0.2) is 0 Å². The first-order chi connectivity index (χ1) is 9.22. The van der Waals surface area contributed by atoms with Crippen molar-refractivity contribution in [1.82, 2.24) is 0 Å². The van der Waals surface area contributed by atoms with Gasteiger partial charge < -0.3 is 9.03 Å². The number of esters is 1. The first kappa shape index (κ1) is 18.2. The van der Waals surface area contributed by atoms with Gasteiger partial charge >= 0.3 is 11.9 Å². The van der Waals surface area contributed by atoms with Gasteiger partial charge in [-0.25, -0.2) is 9.59 Å². The molecule has 0 aliphatic heterocycles. The highest BCUT2D eigenvalue weighted by molar-refractivity contribution is 6.35. The minimum Gasteiger partial charge on any atom is -0.457 e. The fourth-order valence-corrected chi connectivity index (χ4v) is 1.91. The standard InChI is InChI=1S/C14H25ClO4/c1-2-3-4-5-6-7-8-9-10-11-12-18-13(16)14(17)19-15/h2-12H2,1H3. The van der Waals surface area contributed by atoms with Crippen LogP contribution in [0.4, 0.5) is 0 Å². The molecule has 0 spiro atoms. The van der Waals surface area contributed by atoms with Crippen LogP contribution in [-0.4, -0.2) is 18.5 Å². The molecule has 0 N–H and O–H groups in total. The first-order valence-corrected chi connectivity index (χ1v) is 7.53. The number of carbonyl (C=O) groups is 2. The fourth-order valence-electron chi connectivity index (χ4n) is 1.84. The van der Waals surface area contributed by atoms with E-state index in [0.717, 1.165) is 19.3 Å². The highest BCUT2D eigenvalue weighted by atomic mass is 35.5. The molecule has 0 aliphatic rings. The Morgan fingerprint density at radius 2 is 1.26 bits per heavy atom. The van der Waals surface area contributed by atoms with Crippen LogP contribution in [0.15, 0.2) is 0 Å². The van der Waals surface area contributed by atoms with E-state index in [0.29, 0.717) is 0 Å². The molecule has 0 saturated carbocycles. The van der Waals surface area contributed by atoms with Crippen LogP contribution >= 0.6 is 11.9 Å². The van der Waals surface area contributed by atoms with Crippen LogP contribution in [0.25, 0.3) is 0 Å². The second-order valence-corrected chi connectivity index (χ2v) is 4.84. The zero-order valence-corrected chi connectivity index (χ0v) is 12.5. The van der Waals surface area contributed by atoms with Crippen molar-refractivity contribution in [2.75, 3.05) is 6.61 Å². The summed E-state index contributed by atoms with van der Waals surface area (Å²) in [6.07, 6.45) is 12.1. The van der Waals surface area contributed by atoms with Crippen molar-refractivity contribution < 1.29 is 18.6 Å². The first-order valence-electron chi connectivity index (χ1n) is 7.22. The van der Waals surface area contributed by atoms with Gasteiger partial charge in [-0.3, -0.25) is 0 Å². The minimum absolute atomic E-state index is 0.251. The van der Waals surface area contributed by atoms with Gasteiger partial charge in [0.25, 0.3) is 0 Å². The Bertz CT molecular complexity index is 244. The molecule has 0 aromatic heterocycles. The smallest absolute Gasteiger partial charge is 0.435 e. The van der Waals surface area contributed by atoms with E-state index in [-0.39, 0.29) is 6.61 Å². The maximum absolute atomic E-state index is 10.9. The molecule has 0 aromatic carbocycles. The largest absolute Gasteiger partial charge is 0.457 e. The van der Waals surface area contributed by atoms with Crippen LogP contribution in [0, 0.1) is 0 Å². The van der Waals surface area contributed by atoms with Crippen LogP contribution in [-0.2, 0) is 18.6 Å². The van der Waals surface area contributed by atoms with E-state index in [4.69, 9.17) is 11.9 Å². The summed E-state index contributed by atoms with van der Waals surface area (Å²) in [5, 5.41) is 0. The number of halogens is 1. The maximum atomic E-state index is 10.9. The Labute approximate surface area is 121 Å². The summed E-state index contributed by atoms with van der Waals surface area (Å²) in [6, 6.07) is 0.